The Morgan fingerprint density at radius 3 is 3.11 bits per heavy atom. The fraction of sp³-hybridized carbons (Fsp3) is 0.455. The number of ether oxygens (including phenoxy) is 1. The third kappa shape index (κ3) is 3.69. The molecule has 2 aromatic rings. The summed E-state index contributed by atoms with van der Waals surface area (Å²) >= 11 is 0. The maximum Gasteiger partial charge on any atom is 0.225 e. The molecule has 0 amide bonds. The van der Waals surface area contributed by atoms with Crippen LogP contribution < -0.4 is 10.1 Å². The lowest BCUT2D eigenvalue weighted by Crippen LogP contribution is -2.09. The van der Waals surface area contributed by atoms with Gasteiger partial charge in [-0.05, 0) is 6.42 Å². The summed E-state index contributed by atoms with van der Waals surface area (Å²) in [6.45, 7) is 3.33. The highest BCUT2D eigenvalue weighted by molar-refractivity contribution is 5.27. The van der Waals surface area contributed by atoms with Crippen LogP contribution in [0.2, 0.25) is 0 Å². The van der Waals surface area contributed by atoms with Crippen LogP contribution in [-0.4, -0.2) is 33.3 Å². The van der Waals surface area contributed by atoms with Crippen molar-refractivity contribution in [1.29, 1.82) is 0 Å². The fourth-order valence-corrected chi connectivity index (χ4v) is 1.30. The van der Waals surface area contributed by atoms with Crippen LogP contribution in [0.25, 0.3) is 0 Å². The highest BCUT2D eigenvalue weighted by Gasteiger charge is 2.01. The van der Waals surface area contributed by atoms with Gasteiger partial charge in [-0.25, -0.2) is 4.98 Å². The molecule has 0 spiro atoms. The zero-order valence-corrected chi connectivity index (χ0v) is 10.2. The average molecular weight is 249 g/mol. The average Bonchev–Trinajstić information content (AvgIpc) is 2.90. The second-order valence-corrected chi connectivity index (χ2v) is 3.59. The van der Waals surface area contributed by atoms with Crippen LogP contribution in [-0.2, 0) is 6.42 Å². The van der Waals surface area contributed by atoms with Gasteiger partial charge in [-0.1, -0.05) is 12.1 Å². The van der Waals surface area contributed by atoms with Crippen molar-refractivity contribution in [1.82, 2.24) is 20.1 Å². The first-order valence-corrected chi connectivity index (χ1v) is 5.83. The maximum atomic E-state index is 5.42. The monoisotopic (exact) mass is 249 g/mol. The first-order chi connectivity index (χ1) is 8.88. The molecule has 0 bridgehead atoms. The van der Waals surface area contributed by atoms with E-state index in [1.54, 1.807) is 12.3 Å². The summed E-state index contributed by atoms with van der Waals surface area (Å²) in [4.78, 5) is 12.2. The molecule has 2 heterocycles. The zero-order valence-electron chi connectivity index (χ0n) is 10.2. The largest absolute Gasteiger partial charge is 0.478 e. The summed E-state index contributed by atoms with van der Waals surface area (Å²) in [5.74, 6) is 1.77. The molecule has 0 radical (unpaired) electrons. The summed E-state index contributed by atoms with van der Waals surface area (Å²) in [5.41, 5.74) is 0. The van der Waals surface area contributed by atoms with Gasteiger partial charge in [0.1, 0.15) is 0 Å². The van der Waals surface area contributed by atoms with Gasteiger partial charge in [0.15, 0.2) is 5.82 Å². The van der Waals surface area contributed by atoms with Gasteiger partial charge in [0.05, 0.1) is 6.61 Å². The van der Waals surface area contributed by atoms with E-state index in [9.17, 15) is 0 Å². The first-order valence-electron chi connectivity index (χ1n) is 5.83. The Bertz CT molecular complexity index is 460. The van der Waals surface area contributed by atoms with Crippen molar-refractivity contribution in [3.8, 4) is 5.88 Å². The first kappa shape index (κ1) is 12.3. The lowest BCUT2D eigenvalue weighted by molar-refractivity contribution is 0.305. The highest BCUT2D eigenvalue weighted by atomic mass is 16.5. The molecule has 2 aromatic heterocycles. The van der Waals surface area contributed by atoms with E-state index in [2.05, 4.69) is 29.9 Å². The third-order valence-corrected chi connectivity index (χ3v) is 2.12. The van der Waals surface area contributed by atoms with Crippen molar-refractivity contribution >= 4 is 5.95 Å². The van der Waals surface area contributed by atoms with Crippen LogP contribution in [0.15, 0.2) is 23.2 Å². The summed E-state index contributed by atoms with van der Waals surface area (Å²) in [5, 5.41) is 6.79. The second-order valence-electron chi connectivity index (χ2n) is 3.59. The lowest BCUT2D eigenvalue weighted by atomic mass is 10.4. The molecule has 7 heteroatoms. The molecular weight excluding hydrogens is 234 g/mol. The number of anilines is 1. The van der Waals surface area contributed by atoms with Crippen molar-refractivity contribution in [3.63, 3.8) is 0 Å². The molecule has 0 saturated heterocycles. The number of hydrogen-bond donors (Lipinski definition) is 1. The second kappa shape index (κ2) is 6.53. The van der Waals surface area contributed by atoms with Gasteiger partial charge >= 0.3 is 0 Å². The van der Waals surface area contributed by atoms with Gasteiger partial charge < -0.3 is 14.6 Å². The Morgan fingerprint density at radius 2 is 2.33 bits per heavy atom. The van der Waals surface area contributed by atoms with E-state index >= 15 is 0 Å². The quantitative estimate of drug-likeness (QED) is 0.791. The number of nitrogens with zero attached hydrogens (tertiary/aromatic N) is 4. The van der Waals surface area contributed by atoms with Crippen LogP contribution in [0.4, 0.5) is 5.95 Å². The molecule has 0 saturated carbocycles. The van der Waals surface area contributed by atoms with E-state index in [0.717, 1.165) is 6.42 Å². The van der Waals surface area contributed by atoms with E-state index in [1.165, 1.54) is 6.39 Å². The van der Waals surface area contributed by atoms with Crippen molar-refractivity contribution < 1.29 is 9.26 Å². The van der Waals surface area contributed by atoms with Crippen LogP contribution in [0, 0.1) is 0 Å². The standard InChI is InChI=1S/C11H15N5O2/c1-2-7-17-10-4-6-13-11(15-10)12-5-3-9-14-8-18-16-9/h4,6,8H,2-3,5,7H2,1H3,(H,12,13,15). The Morgan fingerprint density at radius 1 is 1.39 bits per heavy atom. The molecule has 0 unspecified atom stereocenters. The topological polar surface area (TPSA) is 86.0 Å². The predicted octanol–water partition coefficient (Wildman–Crippen LogP) is 1.30. The van der Waals surface area contributed by atoms with Gasteiger partial charge in [0, 0.05) is 25.2 Å². The van der Waals surface area contributed by atoms with Crippen molar-refractivity contribution in [2.45, 2.75) is 19.8 Å². The smallest absolute Gasteiger partial charge is 0.225 e. The molecule has 0 aliphatic rings. The van der Waals surface area contributed by atoms with Gasteiger partial charge in [0.2, 0.25) is 18.2 Å². The van der Waals surface area contributed by atoms with Crippen LogP contribution in [0.1, 0.15) is 19.2 Å². The molecular formula is C11H15N5O2. The third-order valence-electron chi connectivity index (χ3n) is 2.12. The minimum Gasteiger partial charge on any atom is -0.478 e. The molecule has 7 nitrogen and oxygen atoms in total. The van der Waals surface area contributed by atoms with E-state index in [1.807, 2.05) is 6.92 Å². The minimum atomic E-state index is 0.534. The molecule has 0 aliphatic carbocycles. The molecule has 0 aliphatic heterocycles. The van der Waals surface area contributed by atoms with Crippen molar-refractivity contribution in [3.05, 3.63) is 24.5 Å². The molecule has 0 fully saturated rings. The highest BCUT2D eigenvalue weighted by Crippen LogP contribution is 2.08. The van der Waals surface area contributed by atoms with Crippen molar-refractivity contribution in [2.24, 2.45) is 0 Å². The number of nitrogens with one attached hydrogen (secondary N) is 1. The maximum absolute atomic E-state index is 5.42. The summed E-state index contributed by atoms with van der Waals surface area (Å²) in [7, 11) is 0. The Labute approximate surface area is 105 Å². The van der Waals surface area contributed by atoms with Gasteiger partial charge in [-0.3, -0.25) is 0 Å². The summed E-state index contributed by atoms with van der Waals surface area (Å²) in [6.07, 6.45) is 4.57. The lowest BCUT2D eigenvalue weighted by Gasteiger charge is -2.06. The Kier molecular flexibility index (Phi) is 4.46. The van der Waals surface area contributed by atoms with E-state index < -0.39 is 0 Å². The fourth-order valence-electron chi connectivity index (χ4n) is 1.30. The van der Waals surface area contributed by atoms with Crippen LogP contribution >= 0.6 is 0 Å². The SMILES string of the molecule is CCCOc1ccnc(NCCc2ncon2)n1. The van der Waals surface area contributed by atoms with Crippen LogP contribution in [0.3, 0.4) is 0 Å². The summed E-state index contributed by atoms with van der Waals surface area (Å²) in [6, 6.07) is 1.74. The van der Waals surface area contributed by atoms with Crippen molar-refractivity contribution in [2.75, 3.05) is 18.5 Å². The van der Waals surface area contributed by atoms with E-state index in [0.29, 0.717) is 37.2 Å². The molecule has 1 N–H and O–H groups in total. The minimum absolute atomic E-state index is 0.534. The predicted molar refractivity (Wildman–Crippen MR) is 64.3 cm³/mol. The normalized spacial score (nSPS) is 10.3. The molecule has 0 atom stereocenters. The van der Waals surface area contributed by atoms with E-state index in [4.69, 9.17) is 4.74 Å². The van der Waals surface area contributed by atoms with E-state index in [-0.39, 0.29) is 0 Å². The Balaban J connectivity index is 1.81. The van der Waals surface area contributed by atoms with Crippen LogP contribution in [0.5, 0.6) is 5.88 Å². The summed E-state index contributed by atoms with van der Waals surface area (Å²) < 4.78 is 10.1. The van der Waals surface area contributed by atoms with Gasteiger partial charge in [-0.15, -0.1) is 0 Å². The number of aromatic nitrogens is 4. The Hall–Kier alpha value is -2.18. The zero-order chi connectivity index (χ0) is 12.6. The number of hydrogen-bond acceptors (Lipinski definition) is 7. The number of rotatable bonds is 7. The molecule has 96 valence electrons. The molecule has 2 rings (SSSR count). The van der Waals surface area contributed by atoms with Gasteiger partial charge in [0.25, 0.3) is 0 Å². The molecule has 18 heavy (non-hydrogen) atoms. The van der Waals surface area contributed by atoms with Gasteiger partial charge in [-0.2, -0.15) is 9.97 Å². The molecule has 0 aromatic carbocycles.